The molecule has 6 heavy (non-hydrogen) atoms. The van der Waals surface area contributed by atoms with Crippen LogP contribution in [-0.2, 0) is 0 Å². The van der Waals surface area contributed by atoms with Crippen molar-refractivity contribution < 1.29 is 0 Å². The van der Waals surface area contributed by atoms with Gasteiger partial charge in [-0.05, 0) is 0 Å². The van der Waals surface area contributed by atoms with E-state index in [2.05, 4.69) is 13.1 Å². The second kappa shape index (κ2) is 0.513. The first-order valence-corrected chi connectivity index (χ1v) is 9.49. The molecule has 0 radical (unpaired) electrons. The van der Waals surface area contributed by atoms with Crippen molar-refractivity contribution in [2.24, 2.45) is 0 Å². The van der Waals surface area contributed by atoms with Crippen LogP contribution < -0.4 is 0 Å². The van der Waals surface area contributed by atoms with Gasteiger partial charge in [-0.3, -0.25) is 0 Å². The third-order valence-corrected chi connectivity index (χ3v) is 24.9. The molecule has 2 saturated heterocycles. The fourth-order valence-corrected chi connectivity index (χ4v) is 25.1. The number of rotatable bonds is 0. The molecule has 2 fully saturated rings. The van der Waals surface area contributed by atoms with Crippen molar-refractivity contribution in [3.8, 4) is 0 Å². The molecule has 0 unspecified atom stereocenters. The molecule has 0 aromatic heterocycles. The Labute approximate surface area is 40.4 Å². The zero-order chi connectivity index (χ0) is 4.41. The van der Waals surface area contributed by atoms with E-state index in [9.17, 15) is 0 Å². The standard InChI is InChI=1S/C4H10Si2/c1-5-3-6(5,2)4-5/h3-4H2,1-2H3. The molecule has 2 aliphatic heterocycles. The summed E-state index contributed by atoms with van der Waals surface area (Å²) >= 11 is 0. The second-order valence-electron chi connectivity index (χ2n) is 3.47. The van der Waals surface area contributed by atoms with Crippen LogP contribution in [0.3, 0.4) is 0 Å². The van der Waals surface area contributed by atoms with Crippen molar-refractivity contribution in [2.75, 3.05) is 0 Å². The number of hydrogen-bond acceptors (Lipinski definition) is 0. The van der Waals surface area contributed by atoms with Crippen molar-refractivity contribution >= 4 is 15.2 Å². The molecule has 0 saturated carbocycles. The topological polar surface area (TPSA) is 0 Å². The van der Waals surface area contributed by atoms with Crippen LogP contribution in [0.4, 0.5) is 0 Å². The zero-order valence-electron chi connectivity index (χ0n) is 4.41. The highest BCUT2D eigenvalue weighted by Gasteiger charge is 2.79. The Balaban J connectivity index is 2.34. The highest BCUT2D eigenvalue weighted by Crippen LogP contribution is 2.66. The molecule has 0 atom stereocenters. The van der Waals surface area contributed by atoms with E-state index in [1.54, 1.807) is 11.3 Å². The van der Waals surface area contributed by atoms with Gasteiger partial charge in [-0.1, -0.05) is 24.4 Å². The second-order valence-corrected chi connectivity index (χ2v) is 19.8. The molecule has 0 aromatic carbocycles. The average Bonchev–Trinajstić information content (AvgIpc) is 1.78. The summed E-state index contributed by atoms with van der Waals surface area (Å²) in [5, 5.41) is 0. The molecule has 0 aromatic rings. The van der Waals surface area contributed by atoms with Crippen LogP contribution in [0.5, 0.6) is 0 Å². The van der Waals surface area contributed by atoms with E-state index < -0.39 is 0 Å². The molecule has 0 bridgehead atoms. The Morgan fingerprint density at radius 2 is 1.17 bits per heavy atom. The summed E-state index contributed by atoms with van der Waals surface area (Å²) in [6.45, 7) is 5.17. The molecule has 0 nitrogen and oxygen atoms in total. The molecule has 0 spiro atoms. The smallest absolute Gasteiger partial charge is 0.0385 e. The molecule has 0 aliphatic carbocycles. The molecule has 2 rings (SSSR count). The highest BCUT2D eigenvalue weighted by atomic mass is 29.4. The van der Waals surface area contributed by atoms with Gasteiger partial charge in [0, 0.05) is 15.2 Å². The van der Waals surface area contributed by atoms with Gasteiger partial charge in [0.1, 0.15) is 0 Å². The number of fused-ring (bicyclic) bond motifs is 1. The summed E-state index contributed by atoms with van der Waals surface area (Å²) in [6.07, 6.45) is 0. The Morgan fingerprint density at radius 3 is 1.17 bits per heavy atom. The Bertz CT molecular complexity index is 90.1. The van der Waals surface area contributed by atoms with Gasteiger partial charge in [0.05, 0.1) is 0 Å². The number of hydrogen-bond donors (Lipinski definition) is 0. The van der Waals surface area contributed by atoms with Crippen molar-refractivity contribution in [1.29, 1.82) is 0 Å². The van der Waals surface area contributed by atoms with Crippen molar-refractivity contribution in [3.63, 3.8) is 0 Å². The maximum atomic E-state index is 2.58. The van der Waals surface area contributed by atoms with Crippen LogP contribution in [0.15, 0.2) is 0 Å². The van der Waals surface area contributed by atoms with Gasteiger partial charge in [-0.15, -0.1) is 0 Å². The van der Waals surface area contributed by atoms with Crippen molar-refractivity contribution in [1.82, 2.24) is 0 Å². The van der Waals surface area contributed by atoms with Crippen LogP contribution in [0.2, 0.25) is 24.4 Å². The SMILES string of the molecule is C[Si]12C[Si]1(C)C2. The van der Waals surface area contributed by atoms with Crippen molar-refractivity contribution in [2.45, 2.75) is 24.4 Å². The lowest BCUT2D eigenvalue weighted by atomic mass is 11.7. The van der Waals surface area contributed by atoms with Crippen LogP contribution in [0, 0.1) is 0 Å². The highest BCUT2D eigenvalue weighted by molar-refractivity contribution is 7.74. The lowest BCUT2D eigenvalue weighted by molar-refractivity contribution is 1.70. The van der Waals surface area contributed by atoms with Crippen molar-refractivity contribution in [3.05, 3.63) is 0 Å². The molecular formula is C4H10Si2. The van der Waals surface area contributed by atoms with Gasteiger partial charge in [-0.2, -0.15) is 0 Å². The minimum Gasteiger partial charge on any atom is -0.0715 e. The molecule has 0 N–H and O–H groups in total. The van der Waals surface area contributed by atoms with E-state index in [1.165, 1.54) is 0 Å². The van der Waals surface area contributed by atoms with Crippen LogP contribution in [0.25, 0.3) is 0 Å². The van der Waals surface area contributed by atoms with Gasteiger partial charge in [0.2, 0.25) is 0 Å². The molecule has 2 aliphatic rings. The van der Waals surface area contributed by atoms with Gasteiger partial charge in [-0.25, -0.2) is 0 Å². The van der Waals surface area contributed by atoms with E-state index in [-0.39, 0.29) is 15.2 Å². The minimum absolute atomic E-state index is 0.180. The third-order valence-electron chi connectivity index (χ3n) is 2.77. The summed E-state index contributed by atoms with van der Waals surface area (Å²) in [4.78, 5) is 0. The van der Waals surface area contributed by atoms with E-state index >= 15 is 0 Å². The minimum atomic E-state index is -0.180. The predicted octanol–water partition coefficient (Wildman–Crippen LogP) is 1.33. The van der Waals surface area contributed by atoms with Crippen LogP contribution >= 0.6 is 0 Å². The summed E-state index contributed by atoms with van der Waals surface area (Å²) in [7, 11) is -0.360. The molecule has 2 heteroatoms. The van der Waals surface area contributed by atoms with Gasteiger partial charge >= 0.3 is 0 Å². The Morgan fingerprint density at radius 1 is 1.00 bits per heavy atom. The van der Waals surface area contributed by atoms with Gasteiger partial charge in [0.15, 0.2) is 0 Å². The maximum Gasteiger partial charge on any atom is 0.0385 e. The summed E-state index contributed by atoms with van der Waals surface area (Å²) < 4.78 is 0. The Hall–Kier alpha value is 0.434. The molecule has 34 valence electrons. The fraction of sp³-hybridized carbons (Fsp3) is 1.00. The van der Waals surface area contributed by atoms with Gasteiger partial charge in [0.25, 0.3) is 0 Å². The summed E-state index contributed by atoms with van der Waals surface area (Å²) in [5.41, 5.74) is 3.58. The van der Waals surface area contributed by atoms with E-state index in [4.69, 9.17) is 0 Å². The monoisotopic (exact) mass is 114 g/mol. The lowest BCUT2D eigenvalue weighted by Gasteiger charge is -1.82. The average molecular weight is 114 g/mol. The molecule has 2 heterocycles. The summed E-state index contributed by atoms with van der Waals surface area (Å²) in [5.74, 6) is 0. The first-order valence-electron chi connectivity index (χ1n) is 2.66. The fourth-order valence-electron chi connectivity index (χ4n) is 1.58. The maximum absolute atomic E-state index is 2.58. The molecule has 0 amide bonds. The first-order chi connectivity index (χ1) is 2.66. The van der Waals surface area contributed by atoms with E-state index in [1.807, 2.05) is 0 Å². The van der Waals surface area contributed by atoms with E-state index in [0.717, 1.165) is 0 Å². The Kier molecular flexibility index (Phi) is 0.294. The molecular weight excluding hydrogens is 104 g/mol. The normalized spacial score (nSPS) is 73.0. The lowest BCUT2D eigenvalue weighted by Crippen LogP contribution is -1.86. The third kappa shape index (κ3) is 0.172. The zero-order valence-corrected chi connectivity index (χ0v) is 6.41. The first kappa shape index (κ1) is 3.44. The van der Waals surface area contributed by atoms with Crippen LogP contribution in [-0.4, -0.2) is 15.2 Å². The van der Waals surface area contributed by atoms with E-state index in [0.29, 0.717) is 0 Å². The summed E-state index contributed by atoms with van der Waals surface area (Å²) in [6, 6.07) is 0. The van der Waals surface area contributed by atoms with Gasteiger partial charge < -0.3 is 0 Å². The quantitative estimate of drug-likeness (QED) is 0.417. The van der Waals surface area contributed by atoms with Crippen LogP contribution in [0.1, 0.15) is 0 Å². The largest absolute Gasteiger partial charge is 0.0715 e. The predicted molar refractivity (Wildman–Crippen MR) is 32.8 cm³/mol.